The first-order chi connectivity index (χ1) is 9.85. The molecule has 0 aromatic heterocycles. The van der Waals surface area contributed by atoms with Gasteiger partial charge in [0, 0.05) is 12.6 Å². The second kappa shape index (κ2) is 6.37. The summed E-state index contributed by atoms with van der Waals surface area (Å²) in [5.74, 6) is -2.19. The molecule has 1 saturated carbocycles. The van der Waals surface area contributed by atoms with Crippen molar-refractivity contribution in [2.24, 2.45) is 5.92 Å². The number of nitrogens with one attached hydrogen (secondary N) is 2. The molecule has 0 spiro atoms. The molecule has 1 atom stereocenters. The van der Waals surface area contributed by atoms with Crippen molar-refractivity contribution in [3.8, 4) is 0 Å². The van der Waals surface area contributed by atoms with E-state index in [-0.39, 0.29) is 18.5 Å². The minimum Gasteiger partial charge on any atom is -0.313 e. The van der Waals surface area contributed by atoms with Gasteiger partial charge in [0.05, 0.1) is 0 Å². The molecule has 2 rings (SSSR count). The number of rotatable bonds is 7. The summed E-state index contributed by atoms with van der Waals surface area (Å²) in [5, 5.41) is 2.95. The van der Waals surface area contributed by atoms with E-state index in [1.165, 1.54) is 6.07 Å². The molecule has 1 fully saturated rings. The van der Waals surface area contributed by atoms with Crippen molar-refractivity contribution >= 4 is 10.0 Å². The third-order valence-corrected chi connectivity index (χ3v) is 5.15. The Bertz CT molecular complexity index is 616. The van der Waals surface area contributed by atoms with E-state index in [4.69, 9.17) is 0 Å². The van der Waals surface area contributed by atoms with Gasteiger partial charge in [0.2, 0.25) is 10.0 Å². The van der Waals surface area contributed by atoms with E-state index >= 15 is 0 Å². The summed E-state index contributed by atoms with van der Waals surface area (Å²) in [6.45, 7) is 4.55. The molecule has 1 aromatic rings. The van der Waals surface area contributed by atoms with Gasteiger partial charge < -0.3 is 5.32 Å². The van der Waals surface area contributed by atoms with Crippen molar-refractivity contribution in [3.63, 3.8) is 0 Å². The van der Waals surface area contributed by atoms with E-state index in [1.54, 1.807) is 6.92 Å². The molecule has 7 heteroatoms. The lowest BCUT2D eigenvalue weighted by Gasteiger charge is -2.15. The molecule has 0 bridgehead atoms. The van der Waals surface area contributed by atoms with E-state index in [9.17, 15) is 17.2 Å². The quantitative estimate of drug-likeness (QED) is 0.810. The van der Waals surface area contributed by atoms with Crippen LogP contribution < -0.4 is 10.0 Å². The number of halogens is 2. The fourth-order valence-corrected chi connectivity index (χ4v) is 3.63. The highest BCUT2D eigenvalue weighted by atomic mass is 32.2. The predicted octanol–water partition coefficient (Wildman–Crippen LogP) is 2.15. The third kappa shape index (κ3) is 3.99. The van der Waals surface area contributed by atoms with Crippen LogP contribution in [0, 0.1) is 17.6 Å². The van der Waals surface area contributed by atoms with Gasteiger partial charge in [-0.25, -0.2) is 21.9 Å². The minimum absolute atomic E-state index is 0.269. The Hall–Kier alpha value is -1.05. The molecular formula is C14H20F2N2O2S. The SMILES string of the molecule is CCNCc1cc(F)c(F)c(S(=O)(=O)NC(C)C2CC2)c1. The van der Waals surface area contributed by atoms with Crippen LogP contribution in [-0.4, -0.2) is 21.0 Å². The number of sulfonamides is 1. The smallest absolute Gasteiger partial charge is 0.243 e. The molecule has 0 aliphatic heterocycles. The van der Waals surface area contributed by atoms with E-state index < -0.39 is 26.6 Å². The first kappa shape index (κ1) is 16.3. The largest absolute Gasteiger partial charge is 0.313 e. The summed E-state index contributed by atoms with van der Waals surface area (Å²) < 4.78 is 54.4. The van der Waals surface area contributed by atoms with Crippen LogP contribution in [0.4, 0.5) is 8.78 Å². The average Bonchev–Trinajstić information content (AvgIpc) is 3.23. The second-order valence-electron chi connectivity index (χ2n) is 5.42. The van der Waals surface area contributed by atoms with E-state index in [2.05, 4.69) is 10.0 Å². The Kier molecular flexibility index (Phi) is 4.95. The zero-order valence-corrected chi connectivity index (χ0v) is 12.9. The Morgan fingerprint density at radius 2 is 2.00 bits per heavy atom. The van der Waals surface area contributed by atoms with Crippen molar-refractivity contribution in [3.05, 3.63) is 29.3 Å². The van der Waals surface area contributed by atoms with Gasteiger partial charge in [0.25, 0.3) is 0 Å². The molecule has 0 radical (unpaired) electrons. The van der Waals surface area contributed by atoms with Gasteiger partial charge in [0.1, 0.15) is 4.90 Å². The Morgan fingerprint density at radius 3 is 2.57 bits per heavy atom. The van der Waals surface area contributed by atoms with Crippen LogP contribution in [0.2, 0.25) is 0 Å². The summed E-state index contributed by atoms with van der Waals surface area (Å²) in [5.41, 5.74) is 0.398. The Labute approximate surface area is 124 Å². The molecule has 1 aliphatic rings. The summed E-state index contributed by atoms with van der Waals surface area (Å²) >= 11 is 0. The average molecular weight is 318 g/mol. The van der Waals surface area contributed by atoms with Crippen molar-refractivity contribution in [1.29, 1.82) is 0 Å². The van der Waals surface area contributed by atoms with Crippen molar-refractivity contribution < 1.29 is 17.2 Å². The maximum absolute atomic E-state index is 13.9. The summed E-state index contributed by atoms with van der Waals surface area (Å²) in [4.78, 5) is -0.622. The van der Waals surface area contributed by atoms with Crippen LogP contribution in [0.3, 0.4) is 0 Å². The molecule has 0 amide bonds. The molecule has 118 valence electrons. The van der Waals surface area contributed by atoms with Gasteiger partial charge in [-0.1, -0.05) is 6.92 Å². The monoisotopic (exact) mass is 318 g/mol. The molecule has 1 aromatic carbocycles. The van der Waals surface area contributed by atoms with Gasteiger partial charge >= 0.3 is 0 Å². The molecule has 1 aliphatic carbocycles. The highest BCUT2D eigenvalue weighted by molar-refractivity contribution is 7.89. The Balaban J connectivity index is 2.29. The Morgan fingerprint density at radius 1 is 1.33 bits per heavy atom. The number of hydrogen-bond donors (Lipinski definition) is 2. The summed E-state index contributed by atoms with van der Waals surface area (Å²) in [6, 6.07) is 1.93. The first-order valence-electron chi connectivity index (χ1n) is 7.06. The third-order valence-electron chi connectivity index (χ3n) is 3.59. The maximum Gasteiger partial charge on any atom is 0.243 e. The van der Waals surface area contributed by atoms with Crippen LogP contribution in [0.25, 0.3) is 0 Å². The van der Waals surface area contributed by atoms with Crippen LogP contribution in [-0.2, 0) is 16.6 Å². The van der Waals surface area contributed by atoms with Crippen LogP contribution in [0.5, 0.6) is 0 Å². The van der Waals surface area contributed by atoms with Crippen molar-refractivity contribution in [2.45, 2.75) is 44.2 Å². The molecule has 2 N–H and O–H groups in total. The highest BCUT2D eigenvalue weighted by Gasteiger charge is 2.32. The van der Waals surface area contributed by atoms with Crippen LogP contribution in [0.15, 0.2) is 17.0 Å². The van der Waals surface area contributed by atoms with Crippen LogP contribution in [0.1, 0.15) is 32.3 Å². The molecule has 0 heterocycles. The lowest BCUT2D eigenvalue weighted by molar-refractivity contribution is 0.476. The van der Waals surface area contributed by atoms with E-state index in [0.717, 1.165) is 18.9 Å². The molecule has 1 unspecified atom stereocenters. The fraction of sp³-hybridized carbons (Fsp3) is 0.571. The van der Waals surface area contributed by atoms with Crippen molar-refractivity contribution in [1.82, 2.24) is 10.0 Å². The van der Waals surface area contributed by atoms with E-state index in [1.807, 2.05) is 6.92 Å². The van der Waals surface area contributed by atoms with Gasteiger partial charge in [-0.2, -0.15) is 0 Å². The van der Waals surface area contributed by atoms with Crippen LogP contribution >= 0.6 is 0 Å². The zero-order chi connectivity index (χ0) is 15.6. The highest BCUT2D eigenvalue weighted by Crippen LogP contribution is 2.33. The summed E-state index contributed by atoms with van der Waals surface area (Å²) in [7, 11) is -4.06. The lowest BCUT2D eigenvalue weighted by atomic mass is 10.2. The normalized spacial score (nSPS) is 17.0. The standard InChI is InChI=1S/C14H20F2N2O2S/c1-3-17-8-10-6-12(15)14(16)13(7-10)21(19,20)18-9(2)11-4-5-11/h6-7,9,11,17-18H,3-5,8H2,1-2H3. The summed E-state index contributed by atoms with van der Waals surface area (Å²) in [6.07, 6.45) is 1.92. The second-order valence-corrected chi connectivity index (χ2v) is 7.10. The minimum atomic E-state index is -4.06. The van der Waals surface area contributed by atoms with Gasteiger partial charge in [0.15, 0.2) is 11.6 Å². The molecule has 21 heavy (non-hydrogen) atoms. The number of hydrogen-bond acceptors (Lipinski definition) is 3. The van der Waals surface area contributed by atoms with E-state index in [0.29, 0.717) is 12.1 Å². The molecule has 4 nitrogen and oxygen atoms in total. The maximum atomic E-state index is 13.9. The topological polar surface area (TPSA) is 58.2 Å². The first-order valence-corrected chi connectivity index (χ1v) is 8.54. The van der Waals surface area contributed by atoms with Gasteiger partial charge in [-0.15, -0.1) is 0 Å². The molecule has 0 saturated heterocycles. The number of benzene rings is 1. The lowest BCUT2D eigenvalue weighted by Crippen LogP contribution is -2.34. The van der Waals surface area contributed by atoms with Gasteiger partial charge in [-0.3, -0.25) is 0 Å². The zero-order valence-electron chi connectivity index (χ0n) is 12.1. The van der Waals surface area contributed by atoms with Gasteiger partial charge in [-0.05, 0) is 49.9 Å². The fourth-order valence-electron chi connectivity index (χ4n) is 2.18. The predicted molar refractivity (Wildman–Crippen MR) is 76.2 cm³/mol. The molecular weight excluding hydrogens is 298 g/mol. The van der Waals surface area contributed by atoms with Crippen molar-refractivity contribution in [2.75, 3.05) is 6.54 Å².